The largest absolute Gasteiger partial charge is 0.361 e. The van der Waals surface area contributed by atoms with Crippen LogP contribution < -0.4 is 0 Å². The van der Waals surface area contributed by atoms with Crippen LogP contribution in [0.25, 0.3) is 44.9 Å². The average Bonchev–Trinajstić information content (AvgIpc) is 3.54. The highest BCUT2D eigenvalue weighted by molar-refractivity contribution is 6.30. The number of nitrogens with zero attached hydrogens (tertiary/aromatic N) is 1. The molecule has 0 amide bonds. The fraction of sp³-hybridized carbons (Fsp3) is 0.167. The van der Waals surface area contributed by atoms with Crippen LogP contribution in [-0.2, 0) is 6.42 Å². The van der Waals surface area contributed by atoms with Gasteiger partial charge in [-0.25, -0.2) is 4.39 Å². The number of fused-ring (bicyclic) bond motifs is 2. The molecule has 3 aromatic heterocycles. The number of rotatable bonds is 4. The number of hydrogen-bond acceptors (Lipinski definition) is 1. The smallest absolute Gasteiger partial charge is 0.125 e. The molecule has 0 saturated carbocycles. The number of aromatic nitrogens is 3. The number of benzene rings is 2. The number of halogens is 2. The standard InChI is InChI=1S/C30H25ClFN3/c1-16(2)28-29(17(3)35-30(28)25-14-21(32)15-27-22(25)7-9-34-27)23-8-10-33-26-13-19(12-24(23)26)18-5-4-6-20(31)11-18/h4-12,14-16,34-35H,13H2,1-3H3. The van der Waals surface area contributed by atoms with Gasteiger partial charge in [-0.2, -0.15) is 0 Å². The third kappa shape index (κ3) is 3.60. The van der Waals surface area contributed by atoms with Gasteiger partial charge < -0.3 is 9.97 Å². The molecule has 0 spiro atoms. The van der Waals surface area contributed by atoms with Crippen LogP contribution in [0.4, 0.5) is 4.39 Å². The van der Waals surface area contributed by atoms with E-state index in [1.807, 2.05) is 36.7 Å². The molecule has 0 saturated heterocycles. The molecule has 1 aliphatic carbocycles. The van der Waals surface area contributed by atoms with Gasteiger partial charge in [0.1, 0.15) is 5.82 Å². The molecule has 0 bridgehead atoms. The molecule has 0 radical (unpaired) electrons. The molecule has 3 nitrogen and oxygen atoms in total. The first-order chi connectivity index (χ1) is 16.9. The second kappa shape index (κ2) is 8.24. The Labute approximate surface area is 208 Å². The van der Waals surface area contributed by atoms with E-state index in [1.165, 1.54) is 16.7 Å². The van der Waals surface area contributed by atoms with E-state index >= 15 is 0 Å². The second-order valence-corrected chi connectivity index (χ2v) is 9.97. The molecule has 0 aliphatic heterocycles. The quantitative estimate of drug-likeness (QED) is 0.265. The molecule has 35 heavy (non-hydrogen) atoms. The zero-order chi connectivity index (χ0) is 24.3. The Bertz CT molecular complexity index is 1640. The lowest BCUT2D eigenvalue weighted by molar-refractivity contribution is 0.630. The zero-order valence-corrected chi connectivity index (χ0v) is 20.6. The van der Waals surface area contributed by atoms with Crippen LogP contribution in [0.2, 0.25) is 5.02 Å². The van der Waals surface area contributed by atoms with Crippen molar-refractivity contribution in [3.63, 3.8) is 0 Å². The minimum Gasteiger partial charge on any atom is -0.361 e. The van der Waals surface area contributed by atoms with Crippen LogP contribution in [-0.4, -0.2) is 15.0 Å². The van der Waals surface area contributed by atoms with Gasteiger partial charge in [-0.3, -0.25) is 4.98 Å². The lowest BCUT2D eigenvalue weighted by atomic mass is 9.89. The third-order valence-corrected chi connectivity index (χ3v) is 7.16. The summed E-state index contributed by atoms with van der Waals surface area (Å²) in [5.41, 5.74) is 11.7. The summed E-state index contributed by atoms with van der Waals surface area (Å²) in [5.74, 6) is -0.0267. The van der Waals surface area contributed by atoms with Crippen molar-refractivity contribution in [2.24, 2.45) is 0 Å². The maximum atomic E-state index is 14.6. The van der Waals surface area contributed by atoms with E-state index in [0.29, 0.717) is 0 Å². The highest BCUT2D eigenvalue weighted by Gasteiger charge is 2.26. The van der Waals surface area contributed by atoms with Crippen LogP contribution in [0.15, 0.2) is 60.9 Å². The Kier molecular flexibility index (Phi) is 5.15. The molecule has 6 rings (SSSR count). The first-order valence-corrected chi connectivity index (χ1v) is 12.2. The van der Waals surface area contributed by atoms with Gasteiger partial charge in [0.15, 0.2) is 0 Å². The summed E-state index contributed by atoms with van der Waals surface area (Å²) < 4.78 is 14.6. The Morgan fingerprint density at radius 2 is 1.91 bits per heavy atom. The number of pyridine rings is 1. The van der Waals surface area contributed by atoms with E-state index in [4.69, 9.17) is 16.6 Å². The van der Waals surface area contributed by atoms with Crippen LogP contribution in [0.3, 0.4) is 0 Å². The summed E-state index contributed by atoms with van der Waals surface area (Å²) in [4.78, 5) is 11.5. The summed E-state index contributed by atoms with van der Waals surface area (Å²) >= 11 is 6.27. The predicted molar refractivity (Wildman–Crippen MR) is 143 cm³/mol. The lowest BCUT2D eigenvalue weighted by Gasteiger charge is -2.15. The molecular weight excluding hydrogens is 457 g/mol. The number of nitrogens with one attached hydrogen (secondary N) is 2. The van der Waals surface area contributed by atoms with E-state index in [1.54, 1.807) is 12.1 Å². The van der Waals surface area contributed by atoms with E-state index in [0.717, 1.165) is 61.7 Å². The summed E-state index contributed by atoms with van der Waals surface area (Å²) in [7, 11) is 0. The molecule has 2 N–H and O–H groups in total. The number of aromatic amines is 2. The van der Waals surface area contributed by atoms with Crippen LogP contribution in [0, 0.1) is 12.7 Å². The van der Waals surface area contributed by atoms with Gasteiger partial charge in [0, 0.05) is 57.1 Å². The number of H-pyrrole nitrogens is 2. The van der Waals surface area contributed by atoms with Crippen molar-refractivity contribution in [1.82, 2.24) is 15.0 Å². The number of allylic oxidation sites excluding steroid dienone is 1. The van der Waals surface area contributed by atoms with Crippen LogP contribution >= 0.6 is 11.6 Å². The van der Waals surface area contributed by atoms with Gasteiger partial charge in [-0.05, 0) is 77.6 Å². The average molecular weight is 482 g/mol. The minimum absolute atomic E-state index is 0.226. The van der Waals surface area contributed by atoms with Gasteiger partial charge in [-0.1, -0.05) is 37.6 Å². The van der Waals surface area contributed by atoms with Gasteiger partial charge in [0.25, 0.3) is 0 Å². The van der Waals surface area contributed by atoms with Gasteiger partial charge in [0.05, 0.1) is 11.4 Å². The first-order valence-electron chi connectivity index (χ1n) is 11.8. The van der Waals surface area contributed by atoms with E-state index in [-0.39, 0.29) is 11.7 Å². The molecule has 2 aromatic carbocycles. The first kappa shape index (κ1) is 21.9. The van der Waals surface area contributed by atoms with Crippen LogP contribution in [0.5, 0.6) is 0 Å². The summed E-state index contributed by atoms with van der Waals surface area (Å²) in [6.45, 7) is 6.48. The Morgan fingerprint density at radius 3 is 2.71 bits per heavy atom. The van der Waals surface area contributed by atoms with E-state index in [2.05, 4.69) is 48.9 Å². The van der Waals surface area contributed by atoms with Gasteiger partial charge in [0.2, 0.25) is 0 Å². The third-order valence-electron chi connectivity index (χ3n) is 6.92. The van der Waals surface area contributed by atoms with Crippen molar-refractivity contribution >= 4 is 34.2 Å². The molecule has 174 valence electrons. The van der Waals surface area contributed by atoms with Gasteiger partial charge >= 0.3 is 0 Å². The SMILES string of the molecule is Cc1[nH]c(-c2cc(F)cc3[nH]ccc23)c(C(C)C)c1-c1ccnc2c1C=C(c1cccc(Cl)c1)C2. The molecule has 0 atom stereocenters. The molecule has 5 aromatic rings. The van der Waals surface area contributed by atoms with Crippen molar-refractivity contribution in [2.75, 3.05) is 0 Å². The van der Waals surface area contributed by atoms with Crippen molar-refractivity contribution in [1.29, 1.82) is 0 Å². The summed E-state index contributed by atoms with van der Waals surface area (Å²) in [5, 5.41) is 1.73. The zero-order valence-electron chi connectivity index (χ0n) is 19.8. The predicted octanol–water partition coefficient (Wildman–Crippen LogP) is 8.55. The van der Waals surface area contributed by atoms with Crippen LogP contribution in [0.1, 0.15) is 47.8 Å². The Hall–Kier alpha value is -3.63. The number of hydrogen-bond donors (Lipinski definition) is 2. The van der Waals surface area contributed by atoms with Crippen molar-refractivity contribution in [3.8, 4) is 22.4 Å². The monoisotopic (exact) mass is 481 g/mol. The van der Waals surface area contributed by atoms with Gasteiger partial charge in [-0.15, -0.1) is 0 Å². The molecule has 1 aliphatic rings. The highest BCUT2D eigenvalue weighted by atomic mass is 35.5. The van der Waals surface area contributed by atoms with Crippen molar-refractivity contribution in [3.05, 3.63) is 99.8 Å². The van der Waals surface area contributed by atoms with E-state index < -0.39 is 0 Å². The minimum atomic E-state index is -0.252. The topological polar surface area (TPSA) is 44.5 Å². The van der Waals surface area contributed by atoms with Crippen molar-refractivity contribution < 1.29 is 4.39 Å². The fourth-order valence-corrected chi connectivity index (χ4v) is 5.63. The maximum Gasteiger partial charge on any atom is 0.125 e. The second-order valence-electron chi connectivity index (χ2n) is 9.54. The van der Waals surface area contributed by atoms with E-state index in [9.17, 15) is 4.39 Å². The summed E-state index contributed by atoms with van der Waals surface area (Å²) in [6.07, 6.45) is 6.76. The maximum absolute atomic E-state index is 14.6. The summed E-state index contributed by atoms with van der Waals surface area (Å²) in [6, 6.07) is 15.3. The Balaban J connectivity index is 1.57. The molecule has 3 heterocycles. The fourth-order valence-electron chi connectivity index (χ4n) is 5.44. The number of aryl methyl sites for hydroxylation is 1. The normalized spacial score (nSPS) is 13.0. The molecule has 0 unspecified atom stereocenters. The highest BCUT2D eigenvalue weighted by Crippen LogP contribution is 2.45. The molecular formula is C30H25ClFN3. The molecule has 0 fully saturated rings. The lowest BCUT2D eigenvalue weighted by Crippen LogP contribution is -1.97. The van der Waals surface area contributed by atoms with Crippen molar-refractivity contribution in [2.45, 2.75) is 33.1 Å². The Morgan fingerprint density at radius 1 is 1.06 bits per heavy atom. The molecule has 5 heteroatoms.